The van der Waals surface area contributed by atoms with Crippen LogP contribution in [0.5, 0.6) is 5.75 Å². The van der Waals surface area contributed by atoms with Gasteiger partial charge in [-0.25, -0.2) is 13.1 Å². The third kappa shape index (κ3) is 4.39. The highest BCUT2D eigenvalue weighted by Gasteiger charge is 2.19. The van der Waals surface area contributed by atoms with E-state index in [4.69, 9.17) is 15.2 Å². The summed E-state index contributed by atoms with van der Waals surface area (Å²) in [6.07, 6.45) is -0.0373. The first-order valence-corrected chi connectivity index (χ1v) is 7.47. The van der Waals surface area contributed by atoms with Crippen LogP contribution in [0.4, 0.5) is 5.69 Å². The Bertz CT molecular complexity index is 571. The van der Waals surface area contributed by atoms with Crippen molar-refractivity contribution >= 4 is 21.7 Å². The van der Waals surface area contributed by atoms with Crippen LogP contribution in [-0.4, -0.2) is 34.6 Å². The van der Waals surface area contributed by atoms with Gasteiger partial charge in [0.15, 0.2) is 0 Å². The second-order valence-electron chi connectivity index (χ2n) is 3.86. The number of esters is 1. The summed E-state index contributed by atoms with van der Waals surface area (Å²) >= 11 is 0. The maximum atomic E-state index is 12.1. The number of rotatable bonds is 7. The summed E-state index contributed by atoms with van der Waals surface area (Å²) in [5.74, 6) is -0.312. The van der Waals surface area contributed by atoms with Crippen molar-refractivity contribution in [2.24, 2.45) is 0 Å². The molecule has 0 aliphatic rings. The minimum Gasteiger partial charge on any atom is -0.495 e. The molecule has 7 nitrogen and oxygen atoms in total. The molecule has 3 N–H and O–H groups in total. The number of sulfonamides is 1. The Morgan fingerprint density at radius 1 is 1.40 bits per heavy atom. The van der Waals surface area contributed by atoms with Crippen LogP contribution in [-0.2, 0) is 19.6 Å². The highest BCUT2D eigenvalue weighted by Crippen LogP contribution is 2.25. The monoisotopic (exact) mass is 302 g/mol. The molecule has 1 aromatic carbocycles. The first-order chi connectivity index (χ1) is 9.40. The number of nitrogen functional groups attached to an aromatic ring is 1. The van der Waals surface area contributed by atoms with Gasteiger partial charge in [0, 0.05) is 18.3 Å². The van der Waals surface area contributed by atoms with Crippen LogP contribution in [0.25, 0.3) is 0 Å². The predicted octanol–water partition coefficient (Wildman–Crippen LogP) is 0.509. The maximum absolute atomic E-state index is 12.1. The second kappa shape index (κ2) is 7.11. The summed E-state index contributed by atoms with van der Waals surface area (Å²) in [4.78, 5) is 11.1. The zero-order valence-electron chi connectivity index (χ0n) is 11.4. The van der Waals surface area contributed by atoms with Crippen molar-refractivity contribution < 1.29 is 22.7 Å². The normalized spacial score (nSPS) is 11.1. The van der Waals surface area contributed by atoms with Gasteiger partial charge in [-0.15, -0.1) is 0 Å². The van der Waals surface area contributed by atoms with E-state index in [0.717, 1.165) is 0 Å². The van der Waals surface area contributed by atoms with Crippen molar-refractivity contribution in [3.63, 3.8) is 0 Å². The summed E-state index contributed by atoms with van der Waals surface area (Å²) in [5.41, 5.74) is 5.96. The number of nitrogens with two attached hydrogens (primary N) is 1. The second-order valence-corrected chi connectivity index (χ2v) is 5.60. The molecule has 20 heavy (non-hydrogen) atoms. The van der Waals surface area contributed by atoms with E-state index in [1.54, 1.807) is 6.92 Å². The molecule has 8 heteroatoms. The fourth-order valence-electron chi connectivity index (χ4n) is 1.50. The van der Waals surface area contributed by atoms with Crippen molar-refractivity contribution in [1.82, 2.24) is 4.72 Å². The molecule has 0 unspecified atom stereocenters. The average Bonchev–Trinajstić information content (AvgIpc) is 2.38. The Balaban J connectivity index is 2.77. The van der Waals surface area contributed by atoms with Gasteiger partial charge in [-0.05, 0) is 19.1 Å². The van der Waals surface area contributed by atoms with Crippen molar-refractivity contribution in [2.45, 2.75) is 18.2 Å². The fraction of sp³-hybridized carbons (Fsp3) is 0.417. The number of ether oxygens (including phenoxy) is 2. The molecule has 1 rings (SSSR count). The molecule has 0 atom stereocenters. The summed E-state index contributed by atoms with van der Waals surface area (Å²) in [6.45, 7) is 1.90. The van der Waals surface area contributed by atoms with Gasteiger partial charge >= 0.3 is 5.97 Å². The Morgan fingerprint density at radius 2 is 2.10 bits per heavy atom. The lowest BCUT2D eigenvalue weighted by Crippen LogP contribution is -2.27. The van der Waals surface area contributed by atoms with E-state index < -0.39 is 16.0 Å². The molecule has 0 fully saturated rings. The molecule has 0 spiro atoms. The quantitative estimate of drug-likeness (QED) is 0.561. The number of anilines is 1. The maximum Gasteiger partial charge on any atom is 0.307 e. The molecule has 112 valence electrons. The van der Waals surface area contributed by atoms with Crippen molar-refractivity contribution in [3.05, 3.63) is 18.2 Å². The van der Waals surface area contributed by atoms with E-state index in [-0.39, 0.29) is 30.2 Å². The van der Waals surface area contributed by atoms with Gasteiger partial charge in [-0.2, -0.15) is 0 Å². The molecular weight excluding hydrogens is 284 g/mol. The first-order valence-electron chi connectivity index (χ1n) is 5.99. The van der Waals surface area contributed by atoms with Gasteiger partial charge in [-0.1, -0.05) is 0 Å². The summed E-state index contributed by atoms with van der Waals surface area (Å²) < 4.78 is 36.2. The highest BCUT2D eigenvalue weighted by molar-refractivity contribution is 7.89. The van der Waals surface area contributed by atoms with Gasteiger partial charge < -0.3 is 15.2 Å². The molecule has 0 saturated carbocycles. The van der Waals surface area contributed by atoms with E-state index in [0.29, 0.717) is 5.69 Å². The van der Waals surface area contributed by atoms with Gasteiger partial charge in [-0.3, -0.25) is 4.79 Å². The van der Waals surface area contributed by atoms with E-state index in [1.165, 1.54) is 25.3 Å². The average molecular weight is 302 g/mol. The molecule has 0 amide bonds. The zero-order chi connectivity index (χ0) is 15.2. The number of benzene rings is 1. The summed E-state index contributed by atoms with van der Waals surface area (Å²) in [7, 11) is -2.42. The van der Waals surface area contributed by atoms with E-state index in [2.05, 4.69) is 4.72 Å². The first kappa shape index (κ1) is 16.3. The van der Waals surface area contributed by atoms with Crippen LogP contribution in [0.15, 0.2) is 23.1 Å². The Morgan fingerprint density at radius 3 is 2.70 bits per heavy atom. The van der Waals surface area contributed by atoms with E-state index >= 15 is 0 Å². The van der Waals surface area contributed by atoms with Crippen LogP contribution >= 0.6 is 0 Å². The number of hydrogen-bond acceptors (Lipinski definition) is 6. The Labute approximate surface area is 118 Å². The van der Waals surface area contributed by atoms with Gasteiger partial charge in [0.2, 0.25) is 10.0 Å². The lowest BCUT2D eigenvalue weighted by molar-refractivity contribution is -0.142. The number of carbonyl (C=O) groups is 1. The molecule has 0 aliphatic carbocycles. The van der Waals surface area contributed by atoms with E-state index in [1.807, 2.05) is 0 Å². The number of carbonyl (C=O) groups excluding carboxylic acids is 1. The molecule has 1 aromatic rings. The summed E-state index contributed by atoms with van der Waals surface area (Å²) in [5, 5.41) is 0. The topological polar surface area (TPSA) is 108 Å². The molecule has 0 bridgehead atoms. The predicted molar refractivity (Wildman–Crippen MR) is 73.8 cm³/mol. The van der Waals surface area contributed by atoms with Crippen LogP contribution in [0.3, 0.4) is 0 Å². The smallest absolute Gasteiger partial charge is 0.307 e. The SMILES string of the molecule is CCOC(=O)CCNS(=O)(=O)c1ccc(N)cc1OC. The Kier molecular flexibility index (Phi) is 5.78. The molecule has 0 radical (unpaired) electrons. The molecule has 0 aliphatic heterocycles. The minimum absolute atomic E-state index is 0.0296. The molecular formula is C12H18N2O5S. The lowest BCUT2D eigenvalue weighted by atomic mass is 10.3. The van der Waals surface area contributed by atoms with Gasteiger partial charge in [0.1, 0.15) is 10.6 Å². The zero-order valence-corrected chi connectivity index (χ0v) is 12.2. The fourth-order valence-corrected chi connectivity index (χ4v) is 2.69. The largest absolute Gasteiger partial charge is 0.495 e. The summed E-state index contributed by atoms with van der Waals surface area (Å²) in [6, 6.07) is 4.23. The highest BCUT2D eigenvalue weighted by atomic mass is 32.2. The molecule has 0 saturated heterocycles. The molecule has 0 heterocycles. The molecule has 0 aromatic heterocycles. The third-order valence-electron chi connectivity index (χ3n) is 2.40. The van der Waals surface area contributed by atoms with Crippen LogP contribution in [0.1, 0.15) is 13.3 Å². The van der Waals surface area contributed by atoms with Gasteiger partial charge in [0.25, 0.3) is 0 Å². The van der Waals surface area contributed by atoms with Crippen molar-refractivity contribution in [3.8, 4) is 5.75 Å². The third-order valence-corrected chi connectivity index (χ3v) is 3.90. The lowest BCUT2D eigenvalue weighted by Gasteiger charge is -2.11. The Hall–Kier alpha value is -1.80. The standard InChI is InChI=1S/C12H18N2O5S/c1-3-19-12(15)6-7-14-20(16,17)11-5-4-9(13)8-10(11)18-2/h4-5,8,14H,3,6-7,13H2,1-2H3. The number of hydrogen-bond donors (Lipinski definition) is 2. The number of nitrogens with one attached hydrogen (secondary N) is 1. The van der Waals surface area contributed by atoms with Crippen molar-refractivity contribution in [1.29, 1.82) is 0 Å². The van der Waals surface area contributed by atoms with Crippen LogP contribution in [0.2, 0.25) is 0 Å². The van der Waals surface area contributed by atoms with E-state index in [9.17, 15) is 13.2 Å². The van der Waals surface area contributed by atoms with Crippen molar-refractivity contribution in [2.75, 3.05) is 26.0 Å². The van der Waals surface area contributed by atoms with Crippen LogP contribution < -0.4 is 15.2 Å². The number of methoxy groups -OCH3 is 1. The van der Waals surface area contributed by atoms with Gasteiger partial charge in [0.05, 0.1) is 20.1 Å². The minimum atomic E-state index is -3.77. The van der Waals surface area contributed by atoms with Crippen LogP contribution in [0, 0.1) is 0 Å².